The van der Waals surface area contributed by atoms with E-state index in [-0.39, 0.29) is 101 Å². The van der Waals surface area contributed by atoms with Crippen molar-refractivity contribution in [3.05, 3.63) is 116 Å². The van der Waals surface area contributed by atoms with Crippen LogP contribution in [0.2, 0.25) is 0 Å². The number of phenols is 2. The van der Waals surface area contributed by atoms with Crippen LogP contribution < -0.4 is 9.47 Å². The fraction of sp³-hybridized carbons (Fsp3) is 0.600. The molecule has 0 saturated carbocycles. The largest absolute Gasteiger partial charge is 0.507 e. The molecule has 0 unspecified atom stereocenters. The van der Waals surface area contributed by atoms with Crippen LogP contribution in [0.1, 0.15) is 200 Å². The minimum Gasteiger partial charge on any atom is -0.507 e. The fourth-order valence-electron chi connectivity index (χ4n) is 9.38. The van der Waals surface area contributed by atoms with Gasteiger partial charge in [-0.1, -0.05) is 130 Å². The molecule has 5 rings (SSSR count). The molecule has 0 amide bonds. The van der Waals surface area contributed by atoms with Gasteiger partial charge in [-0.05, 0) is 120 Å². The van der Waals surface area contributed by atoms with Crippen LogP contribution in [0.15, 0.2) is 60.7 Å². The van der Waals surface area contributed by atoms with Crippen LogP contribution in [-0.2, 0) is 80.1 Å². The van der Waals surface area contributed by atoms with Crippen molar-refractivity contribution in [3.63, 3.8) is 0 Å². The van der Waals surface area contributed by atoms with E-state index in [1.165, 1.54) is 0 Å². The van der Waals surface area contributed by atoms with Crippen LogP contribution in [0.3, 0.4) is 0 Å². The third-order valence-corrected chi connectivity index (χ3v) is 24.3. The first kappa shape index (κ1) is 67.5. The predicted octanol–water partition coefficient (Wildman–Crippen LogP) is 17.5. The predicted molar refractivity (Wildman–Crippen MR) is 318 cm³/mol. The van der Waals surface area contributed by atoms with Crippen molar-refractivity contribution in [3.8, 4) is 23.0 Å². The average molecular weight is 1190 g/mol. The first-order valence-corrected chi connectivity index (χ1v) is 35.7. The summed E-state index contributed by atoms with van der Waals surface area (Å²) in [5, 5.41) is 22.4. The molecule has 0 fully saturated rings. The molecule has 448 valence electrons. The molecular formula is C60H92O16P4. The number of hydrogen-bond acceptors (Lipinski definition) is 16. The van der Waals surface area contributed by atoms with Gasteiger partial charge >= 0.3 is 30.4 Å². The third kappa shape index (κ3) is 17.4. The highest BCUT2D eigenvalue weighted by molar-refractivity contribution is 7.72. The van der Waals surface area contributed by atoms with Crippen LogP contribution in [0.4, 0.5) is 0 Å². The van der Waals surface area contributed by atoms with Gasteiger partial charge in [0.1, 0.15) is 23.0 Å². The molecule has 20 heteroatoms. The first-order chi connectivity index (χ1) is 38.5. The van der Waals surface area contributed by atoms with Gasteiger partial charge in [-0.25, -0.2) is 0 Å². The van der Waals surface area contributed by atoms with Gasteiger partial charge < -0.3 is 55.9 Å². The quantitative estimate of drug-likeness (QED) is 0.0358. The second kappa shape index (κ2) is 33.2. The van der Waals surface area contributed by atoms with Gasteiger partial charge in [-0.3, -0.25) is 18.3 Å². The molecule has 4 aromatic rings. The van der Waals surface area contributed by atoms with E-state index in [1.807, 2.05) is 106 Å². The number of para-hydroxylation sites is 2. The van der Waals surface area contributed by atoms with Crippen LogP contribution >= 0.6 is 30.4 Å². The summed E-state index contributed by atoms with van der Waals surface area (Å²) in [5.74, 6) is 0.889. The van der Waals surface area contributed by atoms with Crippen molar-refractivity contribution in [1.29, 1.82) is 0 Å². The van der Waals surface area contributed by atoms with Crippen LogP contribution in [0, 0.1) is 0 Å². The topological polar surface area (TPSA) is 201 Å². The molecule has 0 aliphatic heterocycles. The average Bonchev–Trinajstić information content (AvgIpc) is 3.45. The molecule has 0 atom stereocenters. The Labute approximate surface area is 477 Å². The molecule has 4 aromatic carbocycles. The van der Waals surface area contributed by atoms with Crippen molar-refractivity contribution in [1.82, 2.24) is 0 Å². The Morgan fingerprint density at radius 1 is 0.338 bits per heavy atom. The van der Waals surface area contributed by atoms with Gasteiger partial charge in [0, 0.05) is 25.7 Å². The van der Waals surface area contributed by atoms with Crippen molar-refractivity contribution in [2.45, 2.75) is 170 Å². The van der Waals surface area contributed by atoms with Gasteiger partial charge in [0.2, 0.25) is 0 Å². The maximum absolute atomic E-state index is 15.7. The normalized spacial score (nSPS) is 13.3. The maximum atomic E-state index is 15.7. The van der Waals surface area contributed by atoms with Crippen molar-refractivity contribution >= 4 is 30.4 Å². The first-order valence-electron chi connectivity index (χ1n) is 29.2. The molecule has 8 bridgehead atoms. The highest BCUT2D eigenvalue weighted by Gasteiger charge is 2.54. The summed E-state index contributed by atoms with van der Waals surface area (Å²) in [6.07, 6.45) is 5.52. The molecule has 80 heavy (non-hydrogen) atoms. The lowest BCUT2D eigenvalue weighted by atomic mass is 9.90. The van der Waals surface area contributed by atoms with Gasteiger partial charge in [0.05, 0.1) is 66.1 Å². The standard InChI is InChI=1S/C60H92O16P4/c1-11-27-67-57-45-23-21-24-46(57)38-50-42-54(60(79(65,73-33-17-7)74-34-18-8)80(66,75-35-19-9)76-36-20-10)44-52(56(50)62)40-48-26-22-25-47(58(48)68-28-12-2)39-51-43-53(41-49(37-45)55(51)61)59(77(63,69-29-13-3)70-30-14-4)78(64,71-31-15-5)72-32-16-6/h21-26,41-44,59-62H,11-20,27-40H2,1-10H3. The number of benzene rings is 4. The summed E-state index contributed by atoms with van der Waals surface area (Å²) in [5.41, 5.74) is 4.82. The highest BCUT2D eigenvalue weighted by Crippen LogP contribution is 2.80. The number of rotatable bonds is 36. The van der Waals surface area contributed by atoms with Crippen LogP contribution in [0.25, 0.3) is 0 Å². The molecule has 0 heterocycles. The molecular weight excluding hydrogens is 1100 g/mol. The lowest BCUT2D eigenvalue weighted by Crippen LogP contribution is -2.14. The summed E-state index contributed by atoms with van der Waals surface area (Å²) in [7, 11) is -17.6. The van der Waals surface area contributed by atoms with Crippen LogP contribution in [0.5, 0.6) is 23.0 Å². The zero-order valence-electron chi connectivity index (χ0n) is 49.3. The fourth-order valence-corrected chi connectivity index (χ4v) is 20.7. The summed E-state index contributed by atoms with van der Waals surface area (Å²) >= 11 is 0. The summed E-state index contributed by atoms with van der Waals surface area (Å²) < 4.78 is 126. The number of hydrogen-bond donors (Lipinski definition) is 2. The molecule has 1 aliphatic rings. The Kier molecular flexibility index (Phi) is 28.0. The summed E-state index contributed by atoms with van der Waals surface area (Å²) in [6.45, 7) is 20.1. The highest BCUT2D eigenvalue weighted by atomic mass is 31.2. The Morgan fingerprint density at radius 2 is 0.537 bits per heavy atom. The Bertz CT molecular complexity index is 2370. The molecule has 2 N–H and O–H groups in total. The van der Waals surface area contributed by atoms with Gasteiger partial charge in [-0.2, -0.15) is 0 Å². The van der Waals surface area contributed by atoms with E-state index >= 15 is 18.3 Å². The Morgan fingerprint density at radius 3 is 0.725 bits per heavy atom. The number of phenolic OH excluding ortho intramolecular Hbond substituents is 2. The molecule has 0 saturated heterocycles. The van der Waals surface area contributed by atoms with E-state index in [0.717, 1.165) is 0 Å². The lowest BCUT2D eigenvalue weighted by Gasteiger charge is -2.33. The molecule has 1 aliphatic carbocycles. The van der Waals surface area contributed by atoms with E-state index < -0.39 is 41.2 Å². The van der Waals surface area contributed by atoms with Crippen molar-refractivity contribution in [2.24, 2.45) is 0 Å². The van der Waals surface area contributed by atoms with Crippen molar-refractivity contribution in [2.75, 3.05) is 66.1 Å². The molecule has 0 radical (unpaired) electrons. The maximum Gasteiger partial charge on any atom is 0.350 e. The third-order valence-electron chi connectivity index (χ3n) is 13.0. The van der Waals surface area contributed by atoms with E-state index in [4.69, 9.17) is 45.7 Å². The monoisotopic (exact) mass is 1190 g/mol. The molecule has 0 spiro atoms. The number of fused-ring (bicyclic) bond motifs is 8. The zero-order valence-corrected chi connectivity index (χ0v) is 52.9. The van der Waals surface area contributed by atoms with Gasteiger partial charge in [0.25, 0.3) is 0 Å². The Hall–Kier alpha value is -3.32. The van der Waals surface area contributed by atoms with E-state index in [2.05, 4.69) is 0 Å². The van der Waals surface area contributed by atoms with Gasteiger partial charge in [-0.15, -0.1) is 0 Å². The minimum absolute atomic E-state index is 0.0452. The van der Waals surface area contributed by atoms with Crippen molar-refractivity contribution < 1.29 is 74.1 Å². The molecule has 16 nitrogen and oxygen atoms in total. The van der Waals surface area contributed by atoms with Crippen LogP contribution in [-0.4, -0.2) is 76.3 Å². The second-order valence-corrected chi connectivity index (χ2v) is 29.4. The smallest absolute Gasteiger partial charge is 0.350 e. The van der Waals surface area contributed by atoms with E-state index in [9.17, 15) is 10.2 Å². The lowest BCUT2D eigenvalue weighted by molar-refractivity contribution is 0.179. The number of ether oxygens (including phenoxy) is 2. The van der Waals surface area contributed by atoms with E-state index in [0.29, 0.717) is 133 Å². The van der Waals surface area contributed by atoms with Gasteiger partial charge in [0.15, 0.2) is 10.8 Å². The number of aromatic hydroxyl groups is 2. The second-order valence-electron chi connectivity index (χ2n) is 20.2. The molecule has 0 aromatic heterocycles. The SMILES string of the molecule is CCCOc1c2cccc1Cc1cc(C(P(=O)(OCCC)OCCC)P(=O)(OCCC)OCCC)cc(c1O)Cc1cccc(c1OCCC)Cc1cc(C(P(=O)(OCCC)OCCC)P(=O)(OCCC)OCCC)cc(c1O)C2. The van der Waals surface area contributed by atoms with E-state index in [1.54, 1.807) is 24.3 Å². The summed E-state index contributed by atoms with van der Waals surface area (Å²) in [4.78, 5) is 0. The minimum atomic E-state index is -4.40. The Balaban J connectivity index is 1.96. The zero-order chi connectivity index (χ0) is 58.4. The summed E-state index contributed by atoms with van der Waals surface area (Å²) in [6, 6.07) is 18.1.